The van der Waals surface area contributed by atoms with Crippen molar-refractivity contribution in [3.63, 3.8) is 0 Å². The maximum atomic E-state index is 14.4. The predicted octanol–water partition coefficient (Wildman–Crippen LogP) is 5.12. The van der Waals surface area contributed by atoms with Crippen LogP contribution < -0.4 is 5.32 Å². The Kier molecular flexibility index (Phi) is 4.08. The van der Waals surface area contributed by atoms with Crippen molar-refractivity contribution in [1.29, 1.82) is 0 Å². The van der Waals surface area contributed by atoms with Crippen molar-refractivity contribution in [2.24, 2.45) is 22.7 Å². The average Bonchev–Trinajstić information content (AvgIpc) is 2.62. The highest BCUT2D eigenvalue weighted by atomic mass is 19.3. The van der Waals surface area contributed by atoms with Gasteiger partial charge in [0, 0.05) is 17.8 Å². The molecule has 1 aromatic carbocycles. The third-order valence-electron chi connectivity index (χ3n) is 8.38. The molecule has 1 N–H and O–H groups in total. The maximum absolute atomic E-state index is 14.4. The molecule has 4 bridgehead atoms. The number of nitrogens with one attached hydrogen (secondary N) is 1. The Morgan fingerprint density at radius 2 is 1.89 bits per heavy atom. The molecule has 1 saturated heterocycles. The van der Waals surface area contributed by atoms with Crippen LogP contribution in [0.1, 0.15) is 63.9 Å². The molecule has 5 aliphatic rings. The second kappa shape index (κ2) is 6.10. The third-order valence-corrected chi connectivity index (χ3v) is 8.38. The molecule has 152 valence electrons. The van der Waals surface area contributed by atoms with E-state index in [-0.39, 0.29) is 35.0 Å². The first kappa shape index (κ1) is 18.7. The normalized spacial score (nSPS) is 43.8. The standard InChI is InChI=1S/C24H31F2NO/c1-21-10-17-11-22(13-21,18-5-3-2-4-6-18)15-23(12-17,14-21)20(28)9-19-7-8-27-16-24(19,25)26/h2-6,17,19,27H,7-16H2,1H3. The Morgan fingerprint density at radius 1 is 1.11 bits per heavy atom. The van der Waals surface area contributed by atoms with Crippen molar-refractivity contribution in [2.45, 2.75) is 69.6 Å². The van der Waals surface area contributed by atoms with E-state index in [9.17, 15) is 13.6 Å². The molecular formula is C24H31F2NO. The van der Waals surface area contributed by atoms with Crippen LogP contribution in [-0.2, 0) is 10.2 Å². The lowest BCUT2D eigenvalue weighted by molar-refractivity contribution is -0.163. The fraction of sp³-hybridized carbons (Fsp3) is 0.708. The second-order valence-corrected chi connectivity index (χ2v) is 10.8. The van der Waals surface area contributed by atoms with Crippen LogP contribution in [0, 0.1) is 22.7 Å². The zero-order chi connectivity index (χ0) is 19.6. The number of hydrogen-bond donors (Lipinski definition) is 1. The molecule has 5 unspecified atom stereocenters. The summed E-state index contributed by atoms with van der Waals surface area (Å²) in [4.78, 5) is 13.6. The van der Waals surface area contributed by atoms with E-state index in [0.29, 0.717) is 18.9 Å². The van der Waals surface area contributed by atoms with Gasteiger partial charge in [0.2, 0.25) is 0 Å². The SMILES string of the molecule is CC12CC3CC(C(=O)CC4CCNCC4(F)F)(C1)CC(c1ccccc1)(C3)C2. The van der Waals surface area contributed by atoms with Gasteiger partial charge in [0.25, 0.3) is 5.92 Å². The maximum Gasteiger partial charge on any atom is 0.263 e. The van der Waals surface area contributed by atoms with E-state index in [2.05, 4.69) is 36.5 Å². The second-order valence-electron chi connectivity index (χ2n) is 10.8. The fourth-order valence-corrected chi connectivity index (χ4v) is 7.92. The molecule has 0 aromatic heterocycles. The Bertz CT molecular complexity index is 780. The van der Waals surface area contributed by atoms with Gasteiger partial charge in [-0.05, 0) is 73.8 Å². The first-order valence-corrected chi connectivity index (χ1v) is 10.9. The summed E-state index contributed by atoms with van der Waals surface area (Å²) < 4.78 is 28.8. The van der Waals surface area contributed by atoms with Crippen molar-refractivity contribution in [3.8, 4) is 0 Å². The highest BCUT2D eigenvalue weighted by molar-refractivity contribution is 5.86. The Balaban J connectivity index is 1.47. The Labute approximate surface area is 166 Å². The number of carbonyl (C=O) groups is 1. The van der Waals surface area contributed by atoms with E-state index < -0.39 is 11.8 Å². The van der Waals surface area contributed by atoms with Crippen LogP contribution in [0.2, 0.25) is 0 Å². The number of benzene rings is 1. The number of hydrogen-bond acceptors (Lipinski definition) is 2. The zero-order valence-corrected chi connectivity index (χ0v) is 16.8. The molecule has 4 saturated carbocycles. The molecule has 1 heterocycles. The molecule has 4 heteroatoms. The molecule has 5 atom stereocenters. The van der Waals surface area contributed by atoms with Gasteiger partial charge in [0.15, 0.2) is 0 Å². The summed E-state index contributed by atoms with van der Waals surface area (Å²) in [5.41, 5.74) is 1.20. The third kappa shape index (κ3) is 2.86. The van der Waals surface area contributed by atoms with Crippen LogP contribution in [0.5, 0.6) is 0 Å². The summed E-state index contributed by atoms with van der Waals surface area (Å²) in [5.74, 6) is -2.87. The van der Waals surface area contributed by atoms with E-state index in [4.69, 9.17) is 0 Å². The lowest BCUT2D eigenvalue weighted by atomic mass is 9.38. The number of Topliss-reactive ketones (excluding diaryl/α,β-unsaturated/α-hetero) is 1. The summed E-state index contributed by atoms with van der Waals surface area (Å²) in [6.45, 7) is 2.65. The number of alkyl halides is 2. The van der Waals surface area contributed by atoms with Crippen LogP contribution in [0.3, 0.4) is 0 Å². The highest BCUT2D eigenvalue weighted by Crippen LogP contribution is 2.70. The van der Waals surface area contributed by atoms with Gasteiger partial charge in [-0.3, -0.25) is 4.79 Å². The number of ketones is 1. The molecule has 0 amide bonds. The molecule has 1 aliphatic heterocycles. The van der Waals surface area contributed by atoms with E-state index in [1.165, 1.54) is 12.0 Å². The number of carbonyl (C=O) groups excluding carboxylic acids is 1. The Hall–Kier alpha value is -1.29. The van der Waals surface area contributed by atoms with Gasteiger partial charge in [-0.1, -0.05) is 37.3 Å². The lowest BCUT2D eigenvalue weighted by Gasteiger charge is -2.66. The van der Waals surface area contributed by atoms with Gasteiger partial charge in [0.05, 0.1) is 6.54 Å². The van der Waals surface area contributed by atoms with Crippen LogP contribution in [0.15, 0.2) is 30.3 Å². The van der Waals surface area contributed by atoms with Gasteiger partial charge in [-0.2, -0.15) is 0 Å². The molecular weight excluding hydrogens is 356 g/mol. The number of halogens is 2. The van der Waals surface area contributed by atoms with Gasteiger partial charge < -0.3 is 5.32 Å². The molecule has 0 spiro atoms. The number of rotatable bonds is 4. The Morgan fingerprint density at radius 3 is 2.61 bits per heavy atom. The van der Waals surface area contributed by atoms with Crippen molar-refractivity contribution < 1.29 is 13.6 Å². The predicted molar refractivity (Wildman–Crippen MR) is 105 cm³/mol. The van der Waals surface area contributed by atoms with Gasteiger partial charge in [0.1, 0.15) is 5.78 Å². The quantitative estimate of drug-likeness (QED) is 0.777. The summed E-state index contributed by atoms with van der Waals surface area (Å²) in [5, 5.41) is 2.79. The number of piperidine rings is 1. The van der Waals surface area contributed by atoms with Gasteiger partial charge in [-0.25, -0.2) is 8.78 Å². The summed E-state index contributed by atoms with van der Waals surface area (Å²) in [6, 6.07) is 10.7. The first-order valence-electron chi connectivity index (χ1n) is 10.9. The zero-order valence-electron chi connectivity index (χ0n) is 16.8. The summed E-state index contributed by atoms with van der Waals surface area (Å²) >= 11 is 0. The van der Waals surface area contributed by atoms with E-state index >= 15 is 0 Å². The van der Waals surface area contributed by atoms with Gasteiger partial charge >= 0.3 is 0 Å². The smallest absolute Gasteiger partial charge is 0.263 e. The molecule has 5 fully saturated rings. The van der Waals surface area contributed by atoms with Crippen LogP contribution in [0.25, 0.3) is 0 Å². The molecule has 4 aliphatic carbocycles. The molecule has 1 aromatic rings. The summed E-state index contributed by atoms with van der Waals surface area (Å²) in [7, 11) is 0. The topological polar surface area (TPSA) is 29.1 Å². The largest absolute Gasteiger partial charge is 0.311 e. The van der Waals surface area contributed by atoms with Crippen molar-refractivity contribution in [3.05, 3.63) is 35.9 Å². The molecule has 2 nitrogen and oxygen atoms in total. The first-order chi connectivity index (χ1) is 13.2. The average molecular weight is 388 g/mol. The molecule has 0 radical (unpaired) electrons. The minimum atomic E-state index is -2.77. The highest BCUT2D eigenvalue weighted by Gasteiger charge is 2.64. The molecule has 28 heavy (non-hydrogen) atoms. The van der Waals surface area contributed by atoms with Crippen molar-refractivity contribution in [1.82, 2.24) is 5.32 Å². The van der Waals surface area contributed by atoms with Crippen molar-refractivity contribution >= 4 is 5.78 Å². The fourth-order valence-electron chi connectivity index (χ4n) is 7.92. The van der Waals surface area contributed by atoms with Crippen LogP contribution in [-0.4, -0.2) is 24.8 Å². The minimum absolute atomic E-state index is 0.0573. The van der Waals surface area contributed by atoms with E-state index in [1.807, 2.05) is 6.07 Å². The van der Waals surface area contributed by atoms with E-state index in [1.54, 1.807) is 0 Å². The lowest BCUT2D eigenvalue weighted by Crippen LogP contribution is -2.60. The van der Waals surface area contributed by atoms with Crippen molar-refractivity contribution in [2.75, 3.05) is 13.1 Å². The monoisotopic (exact) mass is 387 g/mol. The van der Waals surface area contributed by atoms with Crippen LogP contribution in [0.4, 0.5) is 8.78 Å². The minimum Gasteiger partial charge on any atom is -0.311 e. The molecule has 6 rings (SSSR count). The van der Waals surface area contributed by atoms with Gasteiger partial charge in [-0.15, -0.1) is 0 Å². The van der Waals surface area contributed by atoms with E-state index in [0.717, 1.165) is 32.1 Å². The van der Waals surface area contributed by atoms with Crippen LogP contribution >= 0.6 is 0 Å². The summed E-state index contributed by atoms with van der Waals surface area (Å²) in [6.07, 6.45) is 6.64.